The lowest BCUT2D eigenvalue weighted by atomic mass is 10.1. The molecule has 0 amide bonds. The molecule has 0 heterocycles. The van der Waals surface area contributed by atoms with Crippen molar-refractivity contribution in [2.45, 2.75) is 30.7 Å². The number of hydrogen-bond acceptors (Lipinski definition) is 2. The van der Waals surface area contributed by atoms with Gasteiger partial charge < -0.3 is 10.2 Å². The Bertz CT molecular complexity index is 116. The minimum atomic E-state index is -1.01. The van der Waals surface area contributed by atoms with Crippen LogP contribution in [-0.4, -0.2) is 27.1 Å². The fraction of sp³-hybridized carbons (Fsp3) is 0.833. The van der Waals surface area contributed by atoms with Crippen LogP contribution >= 0.6 is 15.9 Å². The molecule has 0 radical (unpaired) electrons. The van der Waals surface area contributed by atoms with E-state index in [-0.39, 0.29) is 0 Å². The van der Waals surface area contributed by atoms with E-state index in [0.29, 0.717) is 6.42 Å². The molecule has 0 aromatic rings. The fourth-order valence-electron chi connectivity index (χ4n) is 0.607. The summed E-state index contributed by atoms with van der Waals surface area (Å²) in [5.74, 6) is -1.01. The van der Waals surface area contributed by atoms with Crippen LogP contribution in [0, 0.1) is 0 Å². The molecule has 2 atom stereocenters. The molecule has 0 saturated heterocycles. The highest BCUT2D eigenvalue weighted by molar-refractivity contribution is 9.10. The third kappa shape index (κ3) is 3.17. The number of carboxylic acid groups (broad SMARTS) is 1. The van der Waals surface area contributed by atoms with Crippen LogP contribution in [0.3, 0.4) is 0 Å². The van der Waals surface area contributed by atoms with Gasteiger partial charge in [-0.25, -0.2) is 0 Å². The van der Waals surface area contributed by atoms with Crippen LogP contribution in [0.2, 0.25) is 0 Å². The minimum Gasteiger partial charge on any atom is -0.480 e. The summed E-state index contributed by atoms with van der Waals surface area (Å²) in [6.07, 6.45) is 0.529. The lowest BCUT2D eigenvalue weighted by Gasteiger charge is -2.11. The second-order valence-corrected chi connectivity index (χ2v) is 3.08. The lowest BCUT2D eigenvalue weighted by Crippen LogP contribution is -2.27. The molecule has 3 nitrogen and oxygen atoms in total. The average molecular weight is 211 g/mol. The summed E-state index contributed by atoms with van der Waals surface area (Å²) in [5, 5.41) is 17.4. The van der Waals surface area contributed by atoms with E-state index in [0.717, 1.165) is 6.42 Å². The molecule has 0 fully saturated rings. The third-order valence-corrected chi connectivity index (χ3v) is 2.16. The normalized spacial score (nSPS) is 16.3. The van der Waals surface area contributed by atoms with Gasteiger partial charge in [0.05, 0.1) is 6.10 Å². The average Bonchev–Trinajstić information content (AvgIpc) is 1.87. The van der Waals surface area contributed by atoms with E-state index >= 15 is 0 Å². The minimum absolute atomic E-state index is 0.516. The summed E-state index contributed by atoms with van der Waals surface area (Å²) in [6.45, 7) is 1.89. The zero-order chi connectivity index (χ0) is 8.15. The van der Waals surface area contributed by atoms with E-state index in [2.05, 4.69) is 15.9 Å². The monoisotopic (exact) mass is 210 g/mol. The maximum absolute atomic E-state index is 10.2. The van der Waals surface area contributed by atoms with Gasteiger partial charge in [-0.3, -0.25) is 4.79 Å². The Labute approximate surface area is 68.2 Å². The molecule has 0 aliphatic heterocycles. The Kier molecular flexibility index (Phi) is 4.64. The van der Waals surface area contributed by atoms with E-state index in [1.54, 1.807) is 0 Å². The van der Waals surface area contributed by atoms with Crippen LogP contribution in [0.1, 0.15) is 19.8 Å². The first kappa shape index (κ1) is 9.91. The van der Waals surface area contributed by atoms with Gasteiger partial charge in [-0.2, -0.15) is 0 Å². The molecule has 4 heteroatoms. The zero-order valence-corrected chi connectivity index (χ0v) is 7.34. The maximum Gasteiger partial charge on any atom is 0.319 e. The Hall–Kier alpha value is -0.0900. The van der Waals surface area contributed by atoms with Crippen LogP contribution < -0.4 is 0 Å². The van der Waals surface area contributed by atoms with Crippen molar-refractivity contribution in [2.75, 3.05) is 0 Å². The largest absolute Gasteiger partial charge is 0.480 e. The van der Waals surface area contributed by atoms with Crippen LogP contribution in [0.15, 0.2) is 0 Å². The van der Waals surface area contributed by atoms with Gasteiger partial charge in [0.25, 0.3) is 0 Å². The molecule has 0 bridgehead atoms. The molecule has 0 rings (SSSR count). The first-order valence-electron chi connectivity index (χ1n) is 3.14. The number of alkyl halides is 1. The summed E-state index contributed by atoms with van der Waals surface area (Å²) in [5.41, 5.74) is 0. The van der Waals surface area contributed by atoms with Gasteiger partial charge in [0.2, 0.25) is 0 Å². The molecule has 10 heavy (non-hydrogen) atoms. The number of hydrogen-bond donors (Lipinski definition) is 2. The molecular weight excluding hydrogens is 200 g/mol. The van der Waals surface area contributed by atoms with Gasteiger partial charge in [0, 0.05) is 0 Å². The number of aliphatic hydroxyl groups is 1. The summed E-state index contributed by atoms with van der Waals surface area (Å²) < 4.78 is 0. The van der Waals surface area contributed by atoms with Crippen molar-refractivity contribution in [2.24, 2.45) is 0 Å². The SMILES string of the molecule is CCC[C@H](O)[C@H](Br)C(=O)O. The molecule has 60 valence electrons. The number of aliphatic carboxylic acids is 1. The Morgan fingerprint density at radius 3 is 2.50 bits per heavy atom. The van der Waals surface area contributed by atoms with Crippen molar-refractivity contribution < 1.29 is 15.0 Å². The number of aliphatic hydroxyl groups excluding tert-OH is 1. The summed E-state index contributed by atoms with van der Waals surface area (Å²) >= 11 is 2.86. The number of halogens is 1. The number of rotatable bonds is 4. The van der Waals surface area contributed by atoms with Gasteiger partial charge in [0.1, 0.15) is 4.83 Å². The zero-order valence-electron chi connectivity index (χ0n) is 5.75. The molecule has 0 aliphatic carbocycles. The fourth-order valence-corrected chi connectivity index (χ4v) is 0.871. The molecule has 0 spiro atoms. The number of carbonyl (C=O) groups is 1. The van der Waals surface area contributed by atoms with Crippen molar-refractivity contribution in [3.05, 3.63) is 0 Å². The standard InChI is InChI=1S/C6H11BrO3/c1-2-3-4(8)5(7)6(9)10/h4-5,8H,2-3H2,1H3,(H,9,10)/t4-,5-/m0/s1. The molecule has 0 aromatic carbocycles. The molecule has 0 saturated carbocycles. The van der Waals surface area contributed by atoms with Crippen molar-refractivity contribution in [3.8, 4) is 0 Å². The topological polar surface area (TPSA) is 57.5 Å². The Morgan fingerprint density at radius 1 is 1.70 bits per heavy atom. The van der Waals surface area contributed by atoms with Crippen molar-refractivity contribution in [1.82, 2.24) is 0 Å². The van der Waals surface area contributed by atoms with Gasteiger partial charge in [0.15, 0.2) is 0 Å². The van der Waals surface area contributed by atoms with Crippen LogP contribution in [0.4, 0.5) is 0 Å². The predicted octanol–water partition coefficient (Wildman–Crippen LogP) is 0.996. The van der Waals surface area contributed by atoms with Gasteiger partial charge in [-0.05, 0) is 6.42 Å². The molecule has 0 unspecified atom stereocenters. The highest BCUT2D eigenvalue weighted by Crippen LogP contribution is 2.10. The van der Waals surface area contributed by atoms with Crippen LogP contribution in [0.25, 0.3) is 0 Å². The highest BCUT2D eigenvalue weighted by Gasteiger charge is 2.21. The second kappa shape index (κ2) is 4.68. The Morgan fingerprint density at radius 2 is 2.20 bits per heavy atom. The first-order valence-corrected chi connectivity index (χ1v) is 4.06. The summed E-state index contributed by atoms with van der Waals surface area (Å²) in [7, 11) is 0. The molecule has 2 N–H and O–H groups in total. The number of carboxylic acids is 1. The van der Waals surface area contributed by atoms with E-state index in [9.17, 15) is 4.79 Å². The molecular formula is C6H11BrO3. The van der Waals surface area contributed by atoms with E-state index in [1.807, 2.05) is 6.92 Å². The van der Waals surface area contributed by atoms with E-state index in [4.69, 9.17) is 10.2 Å². The van der Waals surface area contributed by atoms with Crippen molar-refractivity contribution in [1.29, 1.82) is 0 Å². The van der Waals surface area contributed by atoms with Gasteiger partial charge in [-0.15, -0.1) is 0 Å². The predicted molar refractivity (Wildman–Crippen MR) is 41.3 cm³/mol. The van der Waals surface area contributed by atoms with Crippen molar-refractivity contribution in [3.63, 3.8) is 0 Å². The Balaban J connectivity index is 3.69. The van der Waals surface area contributed by atoms with Crippen molar-refractivity contribution >= 4 is 21.9 Å². The second-order valence-electron chi connectivity index (χ2n) is 2.10. The summed E-state index contributed by atoms with van der Waals surface area (Å²) in [4.78, 5) is 9.38. The lowest BCUT2D eigenvalue weighted by molar-refractivity contribution is -0.138. The van der Waals surface area contributed by atoms with Crippen LogP contribution in [0.5, 0.6) is 0 Å². The first-order chi connectivity index (χ1) is 4.59. The molecule has 0 aliphatic rings. The van der Waals surface area contributed by atoms with Gasteiger partial charge >= 0.3 is 5.97 Å². The van der Waals surface area contributed by atoms with Crippen LogP contribution in [-0.2, 0) is 4.79 Å². The smallest absolute Gasteiger partial charge is 0.319 e. The molecule has 0 aromatic heterocycles. The summed E-state index contributed by atoms with van der Waals surface area (Å²) in [6, 6.07) is 0. The third-order valence-electron chi connectivity index (χ3n) is 1.16. The van der Waals surface area contributed by atoms with E-state index < -0.39 is 16.9 Å². The maximum atomic E-state index is 10.2. The van der Waals surface area contributed by atoms with Gasteiger partial charge in [-0.1, -0.05) is 29.3 Å². The quantitative estimate of drug-likeness (QED) is 0.682. The highest BCUT2D eigenvalue weighted by atomic mass is 79.9. The van der Waals surface area contributed by atoms with E-state index in [1.165, 1.54) is 0 Å².